The van der Waals surface area contributed by atoms with E-state index in [2.05, 4.69) is 5.32 Å². The van der Waals surface area contributed by atoms with E-state index < -0.39 is 0 Å². The van der Waals surface area contributed by atoms with Gasteiger partial charge in [-0.2, -0.15) is 0 Å². The van der Waals surface area contributed by atoms with Crippen LogP contribution in [-0.4, -0.2) is 43.3 Å². The zero-order chi connectivity index (χ0) is 13.8. The van der Waals surface area contributed by atoms with Gasteiger partial charge in [0.05, 0.1) is 19.3 Å². The summed E-state index contributed by atoms with van der Waals surface area (Å²) in [7, 11) is 1.62. The van der Waals surface area contributed by atoms with Gasteiger partial charge in [-0.15, -0.1) is 0 Å². The van der Waals surface area contributed by atoms with Crippen LogP contribution in [-0.2, 0) is 4.74 Å². The van der Waals surface area contributed by atoms with Crippen LogP contribution in [0.2, 0.25) is 0 Å². The molecule has 0 aliphatic carbocycles. The van der Waals surface area contributed by atoms with Crippen molar-refractivity contribution in [3.05, 3.63) is 24.3 Å². The Balaban J connectivity index is 1.96. The summed E-state index contributed by atoms with van der Waals surface area (Å²) in [4.78, 5) is 13.9. The van der Waals surface area contributed by atoms with Gasteiger partial charge in [-0.3, -0.25) is 0 Å². The Morgan fingerprint density at radius 3 is 2.37 bits per heavy atom. The van der Waals surface area contributed by atoms with Crippen LogP contribution < -0.4 is 10.1 Å². The molecule has 1 aliphatic rings. The lowest BCUT2D eigenvalue weighted by Crippen LogP contribution is -2.49. The minimum absolute atomic E-state index is 0.0744. The summed E-state index contributed by atoms with van der Waals surface area (Å²) < 4.78 is 10.7. The fraction of sp³-hybridized carbons (Fsp3) is 0.500. The maximum atomic E-state index is 12.1. The molecule has 1 N–H and O–H groups in total. The average molecular weight is 264 g/mol. The number of nitrogens with one attached hydrogen (secondary N) is 1. The van der Waals surface area contributed by atoms with Crippen molar-refractivity contribution in [2.24, 2.45) is 0 Å². The highest BCUT2D eigenvalue weighted by molar-refractivity contribution is 5.89. The largest absolute Gasteiger partial charge is 0.497 e. The lowest BCUT2D eigenvalue weighted by molar-refractivity contribution is -0.0530. The van der Waals surface area contributed by atoms with Crippen LogP contribution in [0.15, 0.2) is 24.3 Å². The quantitative estimate of drug-likeness (QED) is 0.892. The number of methoxy groups -OCH3 is 1. The highest BCUT2D eigenvalue weighted by atomic mass is 16.5. The molecule has 2 amide bonds. The Hall–Kier alpha value is -1.75. The fourth-order valence-corrected chi connectivity index (χ4v) is 2.22. The van der Waals surface area contributed by atoms with E-state index in [0.717, 1.165) is 11.4 Å². The molecule has 1 fully saturated rings. The van der Waals surface area contributed by atoms with Crippen molar-refractivity contribution < 1.29 is 14.3 Å². The first kappa shape index (κ1) is 13.7. The van der Waals surface area contributed by atoms with E-state index in [1.807, 2.05) is 38.1 Å². The van der Waals surface area contributed by atoms with Gasteiger partial charge in [0.1, 0.15) is 5.75 Å². The number of nitrogens with zero attached hydrogens (tertiary/aromatic N) is 1. The molecule has 1 aliphatic heterocycles. The number of anilines is 1. The van der Waals surface area contributed by atoms with E-state index in [4.69, 9.17) is 9.47 Å². The van der Waals surface area contributed by atoms with Crippen molar-refractivity contribution in [3.8, 4) is 5.75 Å². The molecule has 0 aromatic heterocycles. The van der Waals surface area contributed by atoms with Crippen molar-refractivity contribution >= 4 is 11.7 Å². The number of amides is 2. The van der Waals surface area contributed by atoms with Gasteiger partial charge in [-0.05, 0) is 38.1 Å². The summed E-state index contributed by atoms with van der Waals surface area (Å²) in [6.45, 7) is 5.19. The summed E-state index contributed by atoms with van der Waals surface area (Å²) in [6.07, 6.45) is 0.149. The first-order valence-electron chi connectivity index (χ1n) is 6.44. The van der Waals surface area contributed by atoms with Gasteiger partial charge >= 0.3 is 6.03 Å². The molecule has 0 bridgehead atoms. The van der Waals surface area contributed by atoms with Gasteiger partial charge in [0.15, 0.2) is 0 Å². The van der Waals surface area contributed by atoms with Crippen LogP contribution in [0.1, 0.15) is 13.8 Å². The van der Waals surface area contributed by atoms with Gasteiger partial charge < -0.3 is 19.7 Å². The number of hydrogen-bond acceptors (Lipinski definition) is 3. The third-order valence-electron chi connectivity index (χ3n) is 3.05. The number of carbonyl (C=O) groups is 1. The highest BCUT2D eigenvalue weighted by Crippen LogP contribution is 2.17. The zero-order valence-electron chi connectivity index (χ0n) is 11.6. The number of benzene rings is 1. The molecule has 1 heterocycles. The lowest BCUT2D eigenvalue weighted by atomic mass is 10.2. The molecule has 0 radical (unpaired) electrons. The maximum absolute atomic E-state index is 12.1. The molecular weight excluding hydrogens is 244 g/mol. The van der Waals surface area contributed by atoms with Gasteiger partial charge in [-0.25, -0.2) is 4.79 Å². The van der Waals surface area contributed by atoms with Crippen molar-refractivity contribution in [1.82, 2.24) is 4.90 Å². The molecule has 5 heteroatoms. The van der Waals surface area contributed by atoms with Crippen molar-refractivity contribution in [2.45, 2.75) is 26.1 Å². The molecule has 1 saturated heterocycles. The maximum Gasteiger partial charge on any atom is 0.322 e. The fourth-order valence-electron chi connectivity index (χ4n) is 2.22. The number of carbonyl (C=O) groups excluding carboxylic acids is 1. The lowest BCUT2D eigenvalue weighted by Gasteiger charge is -2.35. The van der Waals surface area contributed by atoms with Crippen molar-refractivity contribution in [3.63, 3.8) is 0 Å². The summed E-state index contributed by atoms with van der Waals surface area (Å²) in [5.74, 6) is 0.770. The Kier molecular flexibility index (Phi) is 4.27. The molecule has 5 nitrogen and oxygen atoms in total. The van der Waals surface area contributed by atoms with Gasteiger partial charge in [0.25, 0.3) is 0 Å². The molecule has 19 heavy (non-hydrogen) atoms. The van der Waals surface area contributed by atoms with Gasteiger partial charge in [0.2, 0.25) is 0 Å². The molecule has 2 unspecified atom stereocenters. The number of rotatable bonds is 2. The molecule has 0 spiro atoms. The summed E-state index contributed by atoms with van der Waals surface area (Å²) >= 11 is 0. The molecule has 104 valence electrons. The van der Waals surface area contributed by atoms with Crippen LogP contribution in [0.5, 0.6) is 5.75 Å². The summed E-state index contributed by atoms with van der Waals surface area (Å²) in [5.41, 5.74) is 0.762. The molecule has 2 rings (SSSR count). The zero-order valence-corrected chi connectivity index (χ0v) is 11.6. The number of ether oxygens (including phenoxy) is 2. The van der Waals surface area contributed by atoms with Crippen LogP contribution in [0.25, 0.3) is 0 Å². The highest BCUT2D eigenvalue weighted by Gasteiger charge is 2.25. The average Bonchev–Trinajstić information content (AvgIpc) is 2.38. The second kappa shape index (κ2) is 5.93. The van der Waals surface area contributed by atoms with E-state index >= 15 is 0 Å². The van der Waals surface area contributed by atoms with Crippen LogP contribution >= 0.6 is 0 Å². The van der Waals surface area contributed by atoms with E-state index in [1.165, 1.54) is 0 Å². The Morgan fingerprint density at radius 1 is 1.26 bits per heavy atom. The smallest absolute Gasteiger partial charge is 0.322 e. The van der Waals surface area contributed by atoms with Crippen LogP contribution in [0.3, 0.4) is 0 Å². The Bertz CT molecular complexity index is 423. The van der Waals surface area contributed by atoms with E-state index in [1.54, 1.807) is 12.0 Å². The van der Waals surface area contributed by atoms with Crippen molar-refractivity contribution in [2.75, 3.05) is 25.5 Å². The Morgan fingerprint density at radius 2 is 1.84 bits per heavy atom. The van der Waals surface area contributed by atoms with E-state index in [9.17, 15) is 4.79 Å². The number of hydrogen-bond donors (Lipinski definition) is 1. The van der Waals surface area contributed by atoms with E-state index in [0.29, 0.717) is 13.1 Å². The van der Waals surface area contributed by atoms with Gasteiger partial charge in [-0.1, -0.05) is 0 Å². The standard InChI is InChI=1S/C14H20N2O3/c1-10-8-16(9-11(2)19-10)14(17)15-12-4-6-13(18-3)7-5-12/h4-7,10-11H,8-9H2,1-3H3,(H,15,17). The summed E-state index contributed by atoms with van der Waals surface area (Å²) in [5, 5.41) is 2.88. The number of urea groups is 1. The van der Waals surface area contributed by atoms with Crippen molar-refractivity contribution in [1.29, 1.82) is 0 Å². The normalized spacial score (nSPS) is 23.0. The minimum atomic E-state index is -0.0906. The second-order valence-electron chi connectivity index (χ2n) is 4.82. The molecule has 2 atom stereocenters. The molecule has 0 saturated carbocycles. The molecular formula is C14H20N2O3. The topological polar surface area (TPSA) is 50.8 Å². The van der Waals surface area contributed by atoms with E-state index in [-0.39, 0.29) is 18.2 Å². The summed E-state index contributed by atoms with van der Waals surface area (Å²) in [6, 6.07) is 7.20. The predicted molar refractivity (Wildman–Crippen MR) is 73.6 cm³/mol. The third-order valence-corrected chi connectivity index (χ3v) is 3.05. The monoisotopic (exact) mass is 264 g/mol. The third kappa shape index (κ3) is 3.61. The second-order valence-corrected chi connectivity index (χ2v) is 4.82. The minimum Gasteiger partial charge on any atom is -0.497 e. The first-order valence-corrected chi connectivity index (χ1v) is 6.44. The molecule has 1 aromatic rings. The SMILES string of the molecule is COc1ccc(NC(=O)N2CC(C)OC(C)C2)cc1. The van der Waals surface area contributed by atoms with Gasteiger partial charge in [0, 0.05) is 18.8 Å². The van der Waals surface area contributed by atoms with Crippen LogP contribution in [0.4, 0.5) is 10.5 Å². The first-order chi connectivity index (χ1) is 9.08. The Labute approximate surface area is 113 Å². The van der Waals surface area contributed by atoms with Crippen LogP contribution in [0, 0.1) is 0 Å². The predicted octanol–water partition coefficient (Wildman–Crippen LogP) is 2.34. The molecule has 1 aromatic carbocycles. The number of morpholine rings is 1.